The molecule has 1 fully saturated rings. The van der Waals surface area contributed by atoms with E-state index in [0.717, 1.165) is 0 Å². The maximum absolute atomic E-state index is 14.7. The highest BCUT2D eigenvalue weighted by Crippen LogP contribution is 2.29. The zero-order valence-corrected chi connectivity index (χ0v) is 16.5. The lowest BCUT2D eigenvalue weighted by Crippen LogP contribution is -2.36. The van der Waals surface area contributed by atoms with Crippen LogP contribution in [0, 0.1) is 5.82 Å². The first-order valence-corrected chi connectivity index (χ1v) is 9.72. The normalized spacial score (nSPS) is 14.4. The number of ether oxygens (including phenoxy) is 1. The van der Waals surface area contributed by atoms with Crippen LogP contribution in [-0.2, 0) is 4.74 Å². The third-order valence-electron chi connectivity index (χ3n) is 5.07. The van der Waals surface area contributed by atoms with Gasteiger partial charge in [0.05, 0.1) is 41.8 Å². The summed E-state index contributed by atoms with van der Waals surface area (Å²) in [6.45, 7) is 7.47. The number of carbonyl (C=O) groups is 1. The van der Waals surface area contributed by atoms with E-state index in [9.17, 15) is 9.18 Å². The van der Waals surface area contributed by atoms with E-state index in [1.165, 1.54) is 12.3 Å². The Balaban J connectivity index is 1.64. The van der Waals surface area contributed by atoms with Gasteiger partial charge in [-0.1, -0.05) is 0 Å². The Labute approximate surface area is 167 Å². The van der Waals surface area contributed by atoms with Crippen molar-refractivity contribution in [1.82, 2.24) is 25.1 Å². The van der Waals surface area contributed by atoms with Crippen molar-refractivity contribution in [3.8, 4) is 11.5 Å². The predicted molar refractivity (Wildman–Crippen MR) is 109 cm³/mol. The molecule has 2 aromatic heterocycles. The number of urea groups is 1. The quantitative estimate of drug-likeness (QED) is 0.610. The van der Waals surface area contributed by atoms with Gasteiger partial charge in [-0.05, 0) is 19.9 Å². The number of hydrogen-bond donors (Lipinski definition) is 3. The Morgan fingerprint density at radius 1 is 1.31 bits per heavy atom. The van der Waals surface area contributed by atoms with E-state index in [2.05, 4.69) is 25.5 Å². The third-order valence-corrected chi connectivity index (χ3v) is 5.07. The fourth-order valence-electron chi connectivity index (χ4n) is 3.45. The Morgan fingerprint density at radius 2 is 2.07 bits per heavy atom. The van der Waals surface area contributed by atoms with Crippen molar-refractivity contribution >= 4 is 28.4 Å². The van der Waals surface area contributed by atoms with Crippen molar-refractivity contribution < 1.29 is 13.9 Å². The lowest BCUT2D eigenvalue weighted by molar-refractivity contribution is 0.122. The van der Waals surface area contributed by atoms with Gasteiger partial charge in [0.1, 0.15) is 11.5 Å². The van der Waals surface area contributed by atoms with Crippen LogP contribution in [0.5, 0.6) is 0 Å². The molecule has 3 aromatic rings. The van der Waals surface area contributed by atoms with Crippen LogP contribution < -0.4 is 10.2 Å². The molecule has 10 heteroatoms. The van der Waals surface area contributed by atoms with Gasteiger partial charge in [0.15, 0.2) is 5.82 Å². The molecule has 1 aromatic carbocycles. The number of carbonyl (C=O) groups excluding carboxylic acids is 1. The largest absolute Gasteiger partial charge is 0.378 e. The number of anilines is 2. The number of aromatic amines is 2. The summed E-state index contributed by atoms with van der Waals surface area (Å²) in [4.78, 5) is 23.7. The molecule has 1 aliphatic heterocycles. The van der Waals surface area contributed by atoms with Gasteiger partial charge >= 0.3 is 6.03 Å². The smallest absolute Gasteiger partial charge is 0.321 e. The number of H-pyrrole nitrogens is 2. The van der Waals surface area contributed by atoms with E-state index in [4.69, 9.17) is 4.74 Å². The van der Waals surface area contributed by atoms with Gasteiger partial charge in [0, 0.05) is 32.2 Å². The van der Waals surface area contributed by atoms with Gasteiger partial charge in [-0.15, -0.1) is 0 Å². The molecule has 9 nitrogen and oxygen atoms in total. The van der Waals surface area contributed by atoms with Gasteiger partial charge in [-0.3, -0.25) is 5.10 Å². The molecule has 29 heavy (non-hydrogen) atoms. The van der Waals surface area contributed by atoms with Crippen molar-refractivity contribution in [3.05, 3.63) is 24.1 Å². The molecule has 154 valence electrons. The van der Waals surface area contributed by atoms with Crippen molar-refractivity contribution in [2.24, 2.45) is 0 Å². The Kier molecular flexibility index (Phi) is 5.34. The van der Waals surface area contributed by atoms with Crippen LogP contribution in [0.15, 0.2) is 18.3 Å². The maximum atomic E-state index is 14.7. The number of fused-ring (bicyclic) bond motifs is 1. The SMILES string of the molecule is CCN(CC)C(=O)Nc1cn[nH]c1-c1nc2cc(N3CCOCC3)c(F)cc2[nH]1. The molecule has 1 saturated heterocycles. The van der Waals surface area contributed by atoms with Gasteiger partial charge in [0.25, 0.3) is 0 Å². The van der Waals surface area contributed by atoms with Gasteiger partial charge in [0.2, 0.25) is 0 Å². The summed E-state index contributed by atoms with van der Waals surface area (Å²) in [7, 11) is 0. The molecule has 3 N–H and O–H groups in total. The number of aromatic nitrogens is 4. The molecule has 2 amide bonds. The fraction of sp³-hybridized carbons (Fsp3) is 0.421. The average Bonchev–Trinajstić information content (AvgIpc) is 3.35. The molecule has 1 aliphatic rings. The van der Waals surface area contributed by atoms with Crippen LogP contribution in [0.25, 0.3) is 22.6 Å². The minimum atomic E-state index is -0.311. The van der Waals surface area contributed by atoms with E-state index in [0.29, 0.717) is 73.3 Å². The number of rotatable bonds is 5. The molecular formula is C19H24FN7O2. The minimum absolute atomic E-state index is 0.214. The number of nitrogens with one attached hydrogen (secondary N) is 3. The molecule has 4 rings (SSSR count). The summed E-state index contributed by atoms with van der Waals surface area (Å²) in [6.07, 6.45) is 1.53. The standard InChI is InChI=1S/C19H24FN7O2/c1-3-26(4-2)19(28)24-15-11-21-25-17(15)18-22-13-9-12(20)16(10-14(13)23-18)27-5-7-29-8-6-27/h9-11H,3-8H2,1-2H3,(H,21,25)(H,22,23)(H,24,28). The van der Waals surface area contributed by atoms with Crippen molar-refractivity contribution in [2.45, 2.75) is 13.8 Å². The van der Waals surface area contributed by atoms with E-state index >= 15 is 0 Å². The highest BCUT2D eigenvalue weighted by Gasteiger charge is 2.20. The molecular weight excluding hydrogens is 377 g/mol. The van der Waals surface area contributed by atoms with Crippen molar-refractivity contribution in [3.63, 3.8) is 0 Å². The van der Waals surface area contributed by atoms with E-state index in [1.54, 1.807) is 11.0 Å². The van der Waals surface area contributed by atoms with E-state index in [1.807, 2.05) is 18.7 Å². The lowest BCUT2D eigenvalue weighted by Gasteiger charge is -2.29. The second-order valence-corrected chi connectivity index (χ2v) is 6.77. The number of amides is 2. The molecule has 0 atom stereocenters. The molecule has 0 unspecified atom stereocenters. The first kappa shape index (κ1) is 19.2. The number of halogens is 1. The number of imidazole rings is 1. The highest BCUT2D eigenvalue weighted by atomic mass is 19.1. The highest BCUT2D eigenvalue weighted by molar-refractivity contribution is 5.93. The van der Waals surface area contributed by atoms with Crippen LogP contribution in [0.3, 0.4) is 0 Å². The van der Waals surface area contributed by atoms with Crippen LogP contribution in [-0.4, -0.2) is 70.5 Å². The Bertz CT molecular complexity index is 1010. The van der Waals surface area contributed by atoms with Crippen molar-refractivity contribution in [2.75, 3.05) is 49.6 Å². The fourth-order valence-corrected chi connectivity index (χ4v) is 3.45. The minimum Gasteiger partial charge on any atom is -0.378 e. The molecule has 0 saturated carbocycles. The Hall–Kier alpha value is -3.14. The third kappa shape index (κ3) is 3.75. The summed E-state index contributed by atoms with van der Waals surface area (Å²) in [5.41, 5.74) is 2.77. The second kappa shape index (κ2) is 8.08. The predicted octanol–water partition coefficient (Wildman–Crippen LogP) is 2.80. The van der Waals surface area contributed by atoms with E-state index < -0.39 is 0 Å². The summed E-state index contributed by atoms with van der Waals surface area (Å²) < 4.78 is 20.0. The zero-order chi connectivity index (χ0) is 20.4. The molecule has 0 spiro atoms. The second-order valence-electron chi connectivity index (χ2n) is 6.77. The maximum Gasteiger partial charge on any atom is 0.321 e. The summed E-state index contributed by atoms with van der Waals surface area (Å²) in [5.74, 6) is 0.167. The molecule has 3 heterocycles. The van der Waals surface area contributed by atoms with Crippen molar-refractivity contribution in [1.29, 1.82) is 0 Å². The molecule has 0 radical (unpaired) electrons. The van der Waals surface area contributed by atoms with Crippen LogP contribution in [0.1, 0.15) is 13.8 Å². The number of morpholine rings is 1. The van der Waals surface area contributed by atoms with Crippen LogP contribution in [0.4, 0.5) is 20.6 Å². The van der Waals surface area contributed by atoms with Gasteiger partial charge in [-0.25, -0.2) is 14.2 Å². The summed E-state index contributed by atoms with van der Waals surface area (Å²) in [5, 5.41) is 9.73. The average molecular weight is 401 g/mol. The number of benzene rings is 1. The van der Waals surface area contributed by atoms with Gasteiger partial charge < -0.3 is 24.8 Å². The molecule has 0 bridgehead atoms. The van der Waals surface area contributed by atoms with E-state index in [-0.39, 0.29) is 11.8 Å². The number of hydrogen-bond acceptors (Lipinski definition) is 5. The summed E-state index contributed by atoms with van der Waals surface area (Å²) in [6, 6.07) is 2.97. The first-order valence-electron chi connectivity index (χ1n) is 9.72. The zero-order valence-electron chi connectivity index (χ0n) is 16.5. The molecule has 0 aliphatic carbocycles. The van der Waals surface area contributed by atoms with Crippen LogP contribution in [0.2, 0.25) is 0 Å². The summed E-state index contributed by atoms with van der Waals surface area (Å²) >= 11 is 0. The first-order chi connectivity index (χ1) is 14.1. The topological polar surface area (TPSA) is 102 Å². The Morgan fingerprint density at radius 3 is 2.79 bits per heavy atom. The van der Waals surface area contributed by atoms with Crippen LogP contribution >= 0.6 is 0 Å². The monoisotopic (exact) mass is 401 g/mol. The number of nitrogens with zero attached hydrogens (tertiary/aromatic N) is 4. The van der Waals surface area contributed by atoms with Gasteiger partial charge in [-0.2, -0.15) is 5.10 Å². The lowest BCUT2D eigenvalue weighted by atomic mass is 10.2.